The van der Waals surface area contributed by atoms with E-state index in [0.29, 0.717) is 5.56 Å². The molecule has 3 rings (SSSR count). The molecule has 0 unspecified atom stereocenters. The van der Waals surface area contributed by atoms with Crippen molar-refractivity contribution in [3.8, 4) is 22.3 Å². The number of alkyl halides is 1. The molecule has 24 heavy (non-hydrogen) atoms. The summed E-state index contributed by atoms with van der Waals surface area (Å²) in [5, 5.41) is 0. The average molecular weight is 429 g/mol. The molecule has 0 heterocycles. The zero-order valence-corrected chi connectivity index (χ0v) is 15.8. The van der Waals surface area contributed by atoms with Crippen LogP contribution in [0, 0.1) is 12.7 Å². The van der Waals surface area contributed by atoms with Gasteiger partial charge in [-0.25, -0.2) is 0 Å². The third-order valence-electron chi connectivity index (χ3n) is 3.96. The van der Waals surface area contributed by atoms with E-state index in [2.05, 4.69) is 18.7 Å². The van der Waals surface area contributed by atoms with Crippen molar-refractivity contribution in [2.45, 2.75) is 11.4 Å². The van der Waals surface area contributed by atoms with Crippen LogP contribution in [-0.4, -0.2) is 0 Å². The number of rotatable bonds is 5. The van der Waals surface area contributed by atoms with Crippen molar-refractivity contribution in [2.75, 3.05) is 0 Å². The van der Waals surface area contributed by atoms with Crippen molar-refractivity contribution < 1.29 is 25.6 Å². The van der Waals surface area contributed by atoms with Crippen LogP contribution >= 0.6 is 0 Å². The maximum absolute atomic E-state index is 14.6. The van der Waals surface area contributed by atoms with E-state index >= 15 is 0 Å². The van der Waals surface area contributed by atoms with Crippen LogP contribution in [0.2, 0.25) is 0 Å². The van der Waals surface area contributed by atoms with Gasteiger partial charge in [0.25, 0.3) is 0 Å². The van der Waals surface area contributed by atoms with Gasteiger partial charge < -0.3 is 0 Å². The van der Waals surface area contributed by atoms with Gasteiger partial charge in [-0.05, 0) is 6.92 Å². The predicted molar refractivity (Wildman–Crippen MR) is 95.9 cm³/mol. The third kappa shape index (κ3) is 3.93. The van der Waals surface area contributed by atoms with Crippen molar-refractivity contribution in [1.29, 1.82) is 0 Å². The van der Waals surface area contributed by atoms with Crippen molar-refractivity contribution in [1.82, 2.24) is 0 Å². The van der Waals surface area contributed by atoms with Gasteiger partial charge >= 0.3 is 141 Å². The molecule has 0 radical (unpaired) electrons. The van der Waals surface area contributed by atoms with Gasteiger partial charge in [0.2, 0.25) is 0 Å². The molecule has 0 nitrogen and oxygen atoms in total. The second-order valence-corrected chi connectivity index (χ2v) is 8.22. The maximum atomic E-state index is 14.6. The van der Waals surface area contributed by atoms with Crippen molar-refractivity contribution in [3.05, 3.63) is 94.3 Å². The molecule has 0 spiro atoms. The Morgan fingerprint density at radius 2 is 1.50 bits per heavy atom. The molecule has 0 bridgehead atoms. The van der Waals surface area contributed by atoms with Crippen LogP contribution in [0.5, 0.6) is 0 Å². The summed E-state index contributed by atoms with van der Waals surface area (Å²) in [5.74, 6) is -0.181. The van der Waals surface area contributed by atoms with E-state index in [1.54, 1.807) is 6.07 Å². The molecule has 0 atom stereocenters. The summed E-state index contributed by atoms with van der Waals surface area (Å²) >= 11 is 0.0345. The Morgan fingerprint density at radius 3 is 2.12 bits per heavy atom. The Labute approximate surface area is 153 Å². The molecule has 2 heteroatoms. The number of hydrogen-bond donors (Lipinski definition) is 0. The Balaban J connectivity index is 1.87. The molecule has 0 aliphatic carbocycles. The van der Waals surface area contributed by atoms with Gasteiger partial charge in [0.1, 0.15) is 0 Å². The van der Waals surface area contributed by atoms with E-state index < -0.39 is 0 Å². The summed E-state index contributed by atoms with van der Waals surface area (Å²) in [6.45, 7) is 5.84. The zero-order chi connectivity index (χ0) is 16.9. The number of aryl methyl sites for hydroxylation is 1. The standard InChI is InChI=1S/C22H19FI/c1-3-24-15-17-6-10-19(11-7-17)21-13-12-20(14-22(21)23)18-8-4-16(2)5-9-18/h3-14H,1,15H2,2H3/q-1. The Bertz CT molecular complexity index is 833. The third-order valence-corrected chi connectivity index (χ3v) is 5.90. The molecular formula is C22H19FI-. The molecule has 0 aliphatic heterocycles. The van der Waals surface area contributed by atoms with E-state index in [1.165, 1.54) is 11.1 Å². The second-order valence-electron chi connectivity index (χ2n) is 5.70. The number of hydrogen-bond acceptors (Lipinski definition) is 0. The van der Waals surface area contributed by atoms with Crippen molar-refractivity contribution in [2.24, 2.45) is 0 Å². The molecular weight excluding hydrogens is 410 g/mol. The average Bonchev–Trinajstić information content (AvgIpc) is 2.61. The van der Waals surface area contributed by atoms with Crippen LogP contribution in [-0.2, 0) is 4.43 Å². The number of halogens is 2. The van der Waals surface area contributed by atoms with Crippen LogP contribution in [0.25, 0.3) is 22.3 Å². The fourth-order valence-corrected chi connectivity index (χ4v) is 3.92. The molecule has 0 N–H and O–H groups in total. The summed E-state index contributed by atoms with van der Waals surface area (Å²) in [6, 6.07) is 21.8. The van der Waals surface area contributed by atoms with Crippen LogP contribution in [0.3, 0.4) is 0 Å². The summed E-state index contributed by atoms with van der Waals surface area (Å²) in [6.07, 6.45) is 0. The molecule has 0 fully saturated rings. The van der Waals surface area contributed by atoms with E-state index in [0.717, 1.165) is 21.1 Å². The summed E-state index contributed by atoms with van der Waals surface area (Å²) < 4.78 is 17.7. The first-order valence-corrected chi connectivity index (χ1v) is 10.6. The summed E-state index contributed by atoms with van der Waals surface area (Å²) in [5.41, 5.74) is 6.01. The van der Waals surface area contributed by atoms with E-state index in [1.807, 2.05) is 59.5 Å². The normalized spacial score (nSPS) is 10.8. The Kier molecular flexibility index (Phi) is 5.46. The molecule has 3 aromatic carbocycles. The van der Waals surface area contributed by atoms with Crippen LogP contribution in [0.1, 0.15) is 11.1 Å². The van der Waals surface area contributed by atoms with Gasteiger partial charge in [-0.1, -0.05) is 5.56 Å². The molecule has 0 aliphatic rings. The van der Waals surface area contributed by atoms with E-state index in [-0.39, 0.29) is 27.0 Å². The first kappa shape index (κ1) is 16.9. The van der Waals surface area contributed by atoms with Gasteiger partial charge in [-0.2, -0.15) is 0 Å². The topological polar surface area (TPSA) is 0 Å². The Hall–Kier alpha value is -1.94. The van der Waals surface area contributed by atoms with Crippen molar-refractivity contribution in [3.63, 3.8) is 0 Å². The van der Waals surface area contributed by atoms with Gasteiger partial charge in [0.15, 0.2) is 0 Å². The van der Waals surface area contributed by atoms with Crippen molar-refractivity contribution >= 4 is 0 Å². The fraction of sp³-hybridized carbons (Fsp3) is 0.0909. The quantitative estimate of drug-likeness (QED) is 0.432. The summed E-state index contributed by atoms with van der Waals surface area (Å²) in [4.78, 5) is 0. The number of benzene rings is 3. The first-order valence-electron chi connectivity index (χ1n) is 7.82. The van der Waals surface area contributed by atoms with Gasteiger partial charge in [0.05, 0.1) is 0 Å². The molecule has 3 aromatic rings. The molecule has 0 saturated carbocycles. The van der Waals surface area contributed by atoms with Crippen LogP contribution in [0.4, 0.5) is 4.39 Å². The monoisotopic (exact) mass is 429 g/mol. The van der Waals surface area contributed by atoms with Crippen LogP contribution < -0.4 is 21.2 Å². The molecule has 122 valence electrons. The predicted octanol–water partition coefficient (Wildman–Crippen LogP) is 3.20. The molecule has 0 saturated heterocycles. The van der Waals surface area contributed by atoms with Gasteiger partial charge in [0, 0.05) is 0 Å². The van der Waals surface area contributed by atoms with Gasteiger partial charge in [-0.3, -0.25) is 0 Å². The van der Waals surface area contributed by atoms with Crippen LogP contribution in [0.15, 0.2) is 77.4 Å². The summed E-state index contributed by atoms with van der Waals surface area (Å²) in [7, 11) is 0. The van der Waals surface area contributed by atoms with Gasteiger partial charge in [-0.15, -0.1) is 0 Å². The molecule has 0 aromatic heterocycles. The Morgan fingerprint density at radius 1 is 0.875 bits per heavy atom. The fourth-order valence-electron chi connectivity index (χ4n) is 2.59. The zero-order valence-electron chi connectivity index (χ0n) is 13.6. The first-order chi connectivity index (χ1) is 11.7. The molecule has 0 amide bonds. The van der Waals surface area contributed by atoms with E-state index in [4.69, 9.17) is 0 Å². The SMILES string of the molecule is C=C[I-]Cc1ccc(-c2ccc(-c3ccc(C)cc3)cc2F)cc1. The second kappa shape index (κ2) is 7.75. The minimum absolute atomic E-state index is 0.0345. The van der Waals surface area contributed by atoms with E-state index in [9.17, 15) is 4.39 Å². The minimum atomic E-state index is -0.181.